The molecule has 1 aliphatic rings. The van der Waals surface area contributed by atoms with Gasteiger partial charge in [-0.25, -0.2) is 0 Å². The van der Waals surface area contributed by atoms with Crippen LogP contribution >= 0.6 is 0 Å². The van der Waals surface area contributed by atoms with E-state index >= 15 is 0 Å². The second kappa shape index (κ2) is 7.99. The van der Waals surface area contributed by atoms with E-state index < -0.39 is 0 Å². The summed E-state index contributed by atoms with van der Waals surface area (Å²) in [6, 6.07) is 30.6. The van der Waals surface area contributed by atoms with Gasteiger partial charge in [0.2, 0.25) is 0 Å². The van der Waals surface area contributed by atoms with Crippen LogP contribution in [-0.4, -0.2) is 27.8 Å². The number of fused-ring (bicyclic) bond motifs is 4. The molecule has 2 heterocycles. The van der Waals surface area contributed by atoms with Gasteiger partial charge in [0.05, 0.1) is 22.2 Å². The van der Waals surface area contributed by atoms with Crippen molar-refractivity contribution in [2.75, 3.05) is 6.54 Å². The third-order valence-corrected chi connectivity index (χ3v) is 6.73. The molecule has 4 nitrogen and oxygen atoms in total. The highest BCUT2D eigenvalue weighted by molar-refractivity contribution is 6.24. The molecule has 0 unspecified atom stereocenters. The number of hydrogen-bond donors (Lipinski definition) is 0. The van der Waals surface area contributed by atoms with E-state index in [1.165, 1.54) is 4.90 Å². The zero-order chi connectivity index (χ0) is 23.2. The Morgan fingerprint density at radius 2 is 1.41 bits per heavy atom. The number of nitrogens with zero attached hydrogens (tertiary/aromatic N) is 2. The molecule has 0 atom stereocenters. The third kappa shape index (κ3) is 2.99. The Bertz CT molecular complexity index is 1580. The van der Waals surface area contributed by atoms with Gasteiger partial charge in [0.15, 0.2) is 0 Å². The molecule has 4 aromatic carbocycles. The fourth-order valence-electron chi connectivity index (χ4n) is 5.09. The first kappa shape index (κ1) is 20.4. The van der Waals surface area contributed by atoms with E-state index in [1.807, 2.05) is 30.3 Å². The summed E-state index contributed by atoms with van der Waals surface area (Å²) in [5.74, 6) is -0.368. The second-order valence-corrected chi connectivity index (χ2v) is 8.76. The van der Waals surface area contributed by atoms with E-state index in [4.69, 9.17) is 0 Å². The van der Waals surface area contributed by atoms with Gasteiger partial charge in [-0.2, -0.15) is 0 Å². The minimum atomic E-state index is -0.184. The molecule has 0 aliphatic carbocycles. The van der Waals surface area contributed by atoms with Crippen molar-refractivity contribution in [3.8, 4) is 16.8 Å². The van der Waals surface area contributed by atoms with Crippen LogP contribution in [0.5, 0.6) is 0 Å². The van der Waals surface area contributed by atoms with E-state index in [2.05, 4.69) is 66.1 Å². The van der Waals surface area contributed by atoms with Crippen LogP contribution in [0.2, 0.25) is 0 Å². The van der Waals surface area contributed by atoms with Gasteiger partial charge in [-0.05, 0) is 53.9 Å². The van der Waals surface area contributed by atoms with Crippen molar-refractivity contribution in [3.63, 3.8) is 0 Å². The van der Waals surface area contributed by atoms with E-state index in [9.17, 15) is 9.59 Å². The Kier molecular flexibility index (Phi) is 4.80. The van der Waals surface area contributed by atoms with Crippen molar-refractivity contribution in [1.82, 2.24) is 9.47 Å². The molecule has 0 N–H and O–H groups in total. The maximum absolute atomic E-state index is 13.3. The first-order valence-corrected chi connectivity index (χ1v) is 11.8. The molecule has 4 heteroatoms. The zero-order valence-corrected chi connectivity index (χ0v) is 19.0. The van der Waals surface area contributed by atoms with Gasteiger partial charge >= 0.3 is 0 Å². The van der Waals surface area contributed by atoms with Gasteiger partial charge in [-0.15, -0.1) is 0 Å². The van der Waals surface area contributed by atoms with Crippen molar-refractivity contribution in [1.29, 1.82) is 0 Å². The van der Waals surface area contributed by atoms with Crippen molar-refractivity contribution < 1.29 is 9.59 Å². The summed E-state index contributed by atoms with van der Waals surface area (Å²) in [6.07, 6.45) is 1.74. The van der Waals surface area contributed by atoms with E-state index in [0.717, 1.165) is 51.5 Å². The molecule has 0 saturated heterocycles. The highest BCUT2D eigenvalue weighted by Gasteiger charge is 2.37. The third-order valence-electron chi connectivity index (χ3n) is 6.73. The molecule has 6 rings (SSSR count). The largest absolute Gasteiger partial charge is 0.309 e. The first-order chi connectivity index (χ1) is 16.7. The zero-order valence-electron chi connectivity index (χ0n) is 19.0. The predicted molar refractivity (Wildman–Crippen MR) is 136 cm³/mol. The standard InChI is InChI=1S/C30H24N2O2/c1-2-3-18-31-29(33)24-14-9-13-22(28(24)30(31)34)20-16-17-27-25(19-20)23-12-7-8-15-26(23)32(27)21-10-5-4-6-11-21/h4-17,19H,2-3,18H2,1H3. The molecule has 166 valence electrons. The minimum Gasteiger partial charge on any atom is -0.309 e. The number of carbonyl (C=O) groups excluding carboxylic acids is 2. The van der Waals surface area contributed by atoms with Crippen molar-refractivity contribution in [3.05, 3.63) is 102 Å². The Labute approximate surface area is 198 Å². The fourth-order valence-corrected chi connectivity index (χ4v) is 5.09. The van der Waals surface area contributed by atoms with Crippen molar-refractivity contribution >= 4 is 33.6 Å². The van der Waals surface area contributed by atoms with Crippen LogP contribution in [0.15, 0.2) is 91.0 Å². The second-order valence-electron chi connectivity index (χ2n) is 8.76. The topological polar surface area (TPSA) is 42.3 Å². The summed E-state index contributed by atoms with van der Waals surface area (Å²) in [6.45, 7) is 2.52. The fraction of sp³-hybridized carbons (Fsp3) is 0.133. The van der Waals surface area contributed by atoms with Crippen molar-refractivity contribution in [2.24, 2.45) is 0 Å². The summed E-state index contributed by atoms with van der Waals surface area (Å²) in [7, 11) is 0. The van der Waals surface area contributed by atoms with Gasteiger partial charge in [0.1, 0.15) is 0 Å². The number of benzene rings is 4. The van der Waals surface area contributed by atoms with Crippen molar-refractivity contribution in [2.45, 2.75) is 19.8 Å². The van der Waals surface area contributed by atoms with Crippen LogP contribution in [0.1, 0.15) is 40.5 Å². The normalized spacial score (nSPS) is 13.3. The maximum atomic E-state index is 13.3. The van der Waals surface area contributed by atoms with E-state index in [-0.39, 0.29) is 11.8 Å². The SMILES string of the molecule is CCCCN1C(=O)c2cccc(-c3ccc4c(c3)c3ccccc3n4-c3ccccc3)c2C1=O. The average molecular weight is 445 g/mol. The summed E-state index contributed by atoms with van der Waals surface area (Å²) in [5.41, 5.74) is 6.13. The molecule has 5 aromatic rings. The number of para-hydroxylation sites is 2. The van der Waals surface area contributed by atoms with Crippen LogP contribution in [-0.2, 0) is 0 Å². The Morgan fingerprint density at radius 1 is 0.676 bits per heavy atom. The lowest BCUT2D eigenvalue weighted by molar-refractivity contribution is 0.0652. The van der Waals surface area contributed by atoms with E-state index in [1.54, 1.807) is 6.07 Å². The smallest absolute Gasteiger partial charge is 0.262 e. The molecular formula is C30H24N2O2. The first-order valence-electron chi connectivity index (χ1n) is 11.8. The van der Waals surface area contributed by atoms with Crippen LogP contribution in [0.4, 0.5) is 0 Å². The molecule has 2 amide bonds. The van der Waals surface area contributed by atoms with Crippen LogP contribution in [0, 0.1) is 0 Å². The molecule has 1 aromatic heterocycles. The molecule has 0 fully saturated rings. The van der Waals surface area contributed by atoms with Gasteiger partial charge in [-0.1, -0.05) is 67.9 Å². The van der Waals surface area contributed by atoms with E-state index in [0.29, 0.717) is 17.7 Å². The molecule has 0 radical (unpaired) electrons. The summed E-state index contributed by atoms with van der Waals surface area (Å²) in [5, 5.41) is 2.27. The Morgan fingerprint density at radius 3 is 2.24 bits per heavy atom. The molecule has 34 heavy (non-hydrogen) atoms. The highest BCUT2D eigenvalue weighted by Crippen LogP contribution is 2.38. The van der Waals surface area contributed by atoms with Crippen LogP contribution in [0.3, 0.4) is 0 Å². The minimum absolute atomic E-state index is 0.183. The lowest BCUT2D eigenvalue weighted by Crippen LogP contribution is -2.30. The quantitative estimate of drug-likeness (QED) is 0.278. The van der Waals surface area contributed by atoms with Gasteiger partial charge in [-0.3, -0.25) is 14.5 Å². The number of unbranched alkanes of at least 4 members (excludes halogenated alkanes) is 1. The lowest BCUT2D eigenvalue weighted by atomic mass is 9.95. The number of imide groups is 1. The maximum Gasteiger partial charge on any atom is 0.262 e. The van der Waals surface area contributed by atoms with Gasteiger partial charge in [0.25, 0.3) is 11.8 Å². The molecule has 0 bridgehead atoms. The molecular weight excluding hydrogens is 420 g/mol. The van der Waals surface area contributed by atoms with Gasteiger partial charge in [0, 0.05) is 23.0 Å². The summed E-state index contributed by atoms with van der Waals surface area (Å²) >= 11 is 0. The highest BCUT2D eigenvalue weighted by atomic mass is 16.2. The van der Waals surface area contributed by atoms with Gasteiger partial charge < -0.3 is 4.57 Å². The Balaban J connectivity index is 1.55. The number of carbonyl (C=O) groups is 2. The van der Waals surface area contributed by atoms with Crippen LogP contribution < -0.4 is 0 Å². The van der Waals surface area contributed by atoms with Crippen LogP contribution in [0.25, 0.3) is 38.6 Å². The monoisotopic (exact) mass is 444 g/mol. The number of amides is 2. The average Bonchev–Trinajstić information content (AvgIpc) is 3.34. The predicted octanol–water partition coefficient (Wildman–Crippen LogP) is 6.85. The summed E-state index contributed by atoms with van der Waals surface area (Å²) < 4.78 is 2.27. The molecule has 0 spiro atoms. The number of aromatic nitrogens is 1. The number of hydrogen-bond acceptors (Lipinski definition) is 2. The Hall–Kier alpha value is -4.18. The molecule has 0 saturated carbocycles. The molecule has 1 aliphatic heterocycles. The number of rotatable bonds is 5. The summed E-state index contributed by atoms with van der Waals surface area (Å²) in [4.78, 5) is 27.6. The lowest BCUT2D eigenvalue weighted by Gasteiger charge is -2.13.